The number of carbonyl (C=O) groups is 1. The molecule has 210 valence electrons. The molecule has 0 bridgehead atoms. The number of amides is 1. The quantitative estimate of drug-likeness (QED) is 0.376. The van der Waals surface area contributed by atoms with Gasteiger partial charge in [0.05, 0.1) is 11.2 Å². The summed E-state index contributed by atoms with van der Waals surface area (Å²) >= 11 is 0. The lowest BCUT2D eigenvalue weighted by Gasteiger charge is -2.33. The Hall–Kier alpha value is -4.11. The van der Waals surface area contributed by atoms with Gasteiger partial charge >= 0.3 is 0 Å². The topological polar surface area (TPSA) is 107 Å². The number of carbonyl (C=O) groups excluding carboxylic acids is 1. The lowest BCUT2D eigenvalue weighted by molar-refractivity contribution is 0.0705. The molecular formula is C32H35N7O2. The van der Waals surface area contributed by atoms with Crippen molar-refractivity contribution in [3.05, 3.63) is 81.4 Å². The van der Waals surface area contributed by atoms with Crippen LogP contribution in [-0.2, 0) is 13.0 Å². The van der Waals surface area contributed by atoms with Crippen molar-refractivity contribution in [1.82, 2.24) is 30.4 Å². The molecule has 9 nitrogen and oxygen atoms in total. The van der Waals surface area contributed by atoms with Crippen LogP contribution < -0.4 is 15.8 Å². The molecule has 2 aliphatic heterocycles. The second kappa shape index (κ2) is 10.7. The zero-order chi connectivity index (χ0) is 27.9. The zero-order valence-electron chi connectivity index (χ0n) is 23.4. The van der Waals surface area contributed by atoms with E-state index in [0.29, 0.717) is 18.3 Å². The van der Waals surface area contributed by atoms with Crippen molar-refractivity contribution in [2.75, 3.05) is 31.1 Å². The number of likely N-dealkylation sites (tertiary alicyclic amines) is 1. The Balaban J connectivity index is 1.11. The van der Waals surface area contributed by atoms with Gasteiger partial charge in [-0.25, -0.2) is 15.1 Å². The Kier molecular flexibility index (Phi) is 6.74. The van der Waals surface area contributed by atoms with Crippen LogP contribution in [0.5, 0.6) is 0 Å². The second-order valence-corrected chi connectivity index (χ2v) is 11.8. The van der Waals surface area contributed by atoms with Crippen molar-refractivity contribution in [1.29, 1.82) is 0 Å². The Morgan fingerprint density at radius 1 is 1.00 bits per heavy atom. The van der Waals surface area contributed by atoms with Crippen molar-refractivity contribution in [3.8, 4) is 11.3 Å². The van der Waals surface area contributed by atoms with E-state index in [0.717, 1.165) is 84.8 Å². The number of benzene rings is 2. The van der Waals surface area contributed by atoms with Crippen molar-refractivity contribution in [2.45, 2.75) is 51.6 Å². The molecule has 7 rings (SSSR count). The molecule has 41 heavy (non-hydrogen) atoms. The first-order valence-electron chi connectivity index (χ1n) is 14.7. The van der Waals surface area contributed by atoms with Gasteiger partial charge in [-0.1, -0.05) is 6.07 Å². The lowest BCUT2D eigenvalue weighted by Crippen LogP contribution is -2.45. The van der Waals surface area contributed by atoms with Crippen molar-refractivity contribution in [2.24, 2.45) is 5.92 Å². The summed E-state index contributed by atoms with van der Waals surface area (Å²) in [6.07, 6.45) is 7.28. The predicted octanol–water partition coefficient (Wildman–Crippen LogP) is 3.86. The van der Waals surface area contributed by atoms with E-state index < -0.39 is 0 Å². The minimum absolute atomic E-state index is 0.131. The number of hydrogen-bond acceptors (Lipinski definition) is 7. The monoisotopic (exact) mass is 549 g/mol. The number of rotatable bonds is 6. The highest BCUT2D eigenvalue weighted by molar-refractivity contribution is 5.96. The third kappa shape index (κ3) is 5.34. The normalized spacial score (nSPS) is 17.6. The Morgan fingerprint density at radius 2 is 1.85 bits per heavy atom. The van der Waals surface area contributed by atoms with E-state index in [4.69, 9.17) is 4.98 Å². The summed E-state index contributed by atoms with van der Waals surface area (Å²) in [5.74, 6) is 1.88. The average Bonchev–Trinajstić information content (AvgIpc) is 3.84. The van der Waals surface area contributed by atoms with Crippen LogP contribution in [0.25, 0.3) is 22.2 Å². The molecule has 2 N–H and O–H groups in total. The Morgan fingerprint density at radius 3 is 2.63 bits per heavy atom. The average molecular weight is 550 g/mol. The predicted molar refractivity (Wildman–Crippen MR) is 159 cm³/mol. The fourth-order valence-electron chi connectivity index (χ4n) is 6.23. The highest BCUT2D eigenvalue weighted by atomic mass is 16.2. The molecule has 0 unspecified atom stereocenters. The van der Waals surface area contributed by atoms with Gasteiger partial charge in [-0.05, 0) is 98.5 Å². The van der Waals surface area contributed by atoms with Crippen molar-refractivity contribution >= 4 is 22.6 Å². The van der Waals surface area contributed by atoms with Crippen LogP contribution >= 0.6 is 0 Å². The molecular weight excluding hydrogens is 514 g/mol. The number of aromatic nitrogens is 4. The number of nitrogens with one attached hydrogen (secondary N) is 2. The molecule has 0 spiro atoms. The van der Waals surface area contributed by atoms with Gasteiger partial charge in [-0.3, -0.25) is 9.59 Å². The van der Waals surface area contributed by atoms with Crippen molar-refractivity contribution < 1.29 is 4.79 Å². The molecule has 1 saturated heterocycles. The molecule has 4 aromatic rings. The SMILES string of the molecule is Cc1cc(-c2ccc(=O)[nH]n2)cc2c(N3CCc4ccc(C(=O)N5CCC(NCC6CC6)CC5)cc4C3)ncnc12. The maximum Gasteiger partial charge on any atom is 0.264 e. The van der Waals surface area contributed by atoms with Crippen LogP contribution in [0, 0.1) is 12.8 Å². The number of fused-ring (bicyclic) bond motifs is 2. The molecule has 1 aliphatic carbocycles. The molecule has 4 heterocycles. The van der Waals surface area contributed by atoms with E-state index in [1.807, 2.05) is 24.0 Å². The second-order valence-electron chi connectivity index (χ2n) is 11.8. The van der Waals surface area contributed by atoms with Gasteiger partial charge in [-0.2, -0.15) is 5.10 Å². The van der Waals surface area contributed by atoms with Gasteiger partial charge in [0.15, 0.2) is 0 Å². The third-order valence-corrected chi connectivity index (χ3v) is 8.82. The Labute approximate surface area is 239 Å². The zero-order valence-corrected chi connectivity index (χ0v) is 23.4. The maximum atomic E-state index is 13.5. The lowest BCUT2D eigenvalue weighted by atomic mass is 9.96. The van der Waals surface area contributed by atoms with Crippen LogP contribution in [0.15, 0.2) is 53.6 Å². The molecule has 2 aromatic carbocycles. The fraction of sp³-hybridized carbons (Fsp3) is 0.406. The van der Waals surface area contributed by atoms with Crippen LogP contribution in [0.2, 0.25) is 0 Å². The molecule has 2 fully saturated rings. The molecule has 1 amide bonds. The smallest absolute Gasteiger partial charge is 0.264 e. The third-order valence-electron chi connectivity index (χ3n) is 8.82. The number of nitrogens with zero attached hydrogens (tertiary/aromatic N) is 5. The minimum atomic E-state index is -0.231. The molecule has 0 atom stereocenters. The van der Waals surface area contributed by atoms with E-state index in [9.17, 15) is 9.59 Å². The van der Waals surface area contributed by atoms with Gasteiger partial charge in [0.1, 0.15) is 12.1 Å². The Bertz CT molecular complexity index is 1650. The number of aromatic amines is 1. The van der Waals surface area contributed by atoms with E-state index in [2.05, 4.69) is 43.6 Å². The van der Waals surface area contributed by atoms with E-state index >= 15 is 0 Å². The van der Waals surface area contributed by atoms with Gasteiger partial charge < -0.3 is 15.1 Å². The van der Waals surface area contributed by atoms with Gasteiger partial charge in [0.25, 0.3) is 11.5 Å². The molecule has 3 aliphatic rings. The van der Waals surface area contributed by atoms with Gasteiger partial charge in [0, 0.05) is 54.8 Å². The van der Waals surface area contributed by atoms with Crippen molar-refractivity contribution in [3.63, 3.8) is 0 Å². The molecule has 1 saturated carbocycles. The molecule has 0 radical (unpaired) electrons. The summed E-state index contributed by atoms with van der Waals surface area (Å²) in [7, 11) is 0. The molecule has 9 heteroatoms. The van der Waals surface area contributed by atoms with Crippen LogP contribution in [0.4, 0.5) is 5.82 Å². The highest BCUT2D eigenvalue weighted by Gasteiger charge is 2.27. The standard InChI is InChI=1S/C32H35N7O2/c1-20-14-24(28-6-7-29(40)37-36-28)16-27-30(20)34-19-35-31(27)39-11-8-22-4-5-23(15-25(22)18-39)32(41)38-12-9-26(10-13-38)33-17-21-2-3-21/h4-7,14-16,19,21,26,33H,2-3,8-13,17-18H2,1H3,(H,37,40). The first kappa shape index (κ1) is 25.8. The van der Waals surface area contributed by atoms with Crippen LogP contribution in [0.1, 0.15) is 52.7 Å². The number of anilines is 1. The van der Waals surface area contributed by atoms with Gasteiger partial charge in [-0.15, -0.1) is 0 Å². The highest BCUT2D eigenvalue weighted by Crippen LogP contribution is 2.33. The summed E-state index contributed by atoms with van der Waals surface area (Å²) < 4.78 is 0. The fourth-order valence-corrected chi connectivity index (χ4v) is 6.23. The first-order chi connectivity index (χ1) is 20.0. The maximum absolute atomic E-state index is 13.5. The van der Waals surface area contributed by atoms with Gasteiger partial charge in [0.2, 0.25) is 0 Å². The number of hydrogen-bond donors (Lipinski definition) is 2. The van der Waals surface area contributed by atoms with E-state index in [-0.39, 0.29) is 11.5 Å². The molecule has 2 aromatic heterocycles. The van der Waals surface area contributed by atoms with E-state index in [1.54, 1.807) is 12.4 Å². The summed E-state index contributed by atoms with van der Waals surface area (Å²) in [6, 6.07) is 14.1. The number of piperidine rings is 1. The summed E-state index contributed by atoms with van der Waals surface area (Å²) in [4.78, 5) is 38.6. The van der Waals surface area contributed by atoms with E-state index in [1.165, 1.54) is 30.0 Å². The largest absolute Gasteiger partial charge is 0.351 e. The summed E-state index contributed by atoms with van der Waals surface area (Å²) in [5, 5.41) is 11.4. The van der Waals surface area contributed by atoms with Crippen LogP contribution in [-0.4, -0.2) is 63.2 Å². The van der Waals surface area contributed by atoms with Crippen LogP contribution in [0.3, 0.4) is 0 Å². The number of aryl methyl sites for hydroxylation is 1. The first-order valence-corrected chi connectivity index (χ1v) is 14.7. The minimum Gasteiger partial charge on any atom is -0.351 e. The summed E-state index contributed by atoms with van der Waals surface area (Å²) in [6.45, 7) is 6.28. The summed E-state index contributed by atoms with van der Waals surface area (Å²) in [5.41, 5.74) is 6.51. The number of H-pyrrole nitrogens is 1.